The number of halogens is 2. The predicted molar refractivity (Wildman–Crippen MR) is 79.3 cm³/mol. The van der Waals surface area contributed by atoms with E-state index in [1.54, 1.807) is 0 Å². The van der Waals surface area contributed by atoms with Gasteiger partial charge in [0.05, 0.1) is 11.4 Å². The Kier molecular flexibility index (Phi) is 6.22. The van der Waals surface area contributed by atoms with Gasteiger partial charge >= 0.3 is 0 Å². The van der Waals surface area contributed by atoms with Gasteiger partial charge in [-0.25, -0.2) is 12.8 Å². The summed E-state index contributed by atoms with van der Waals surface area (Å²) in [6.45, 7) is 4.62. The molecule has 0 radical (unpaired) electrons. The van der Waals surface area contributed by atoms with Crippen LogP contribution in [0.3, 0.4) is 0 Å². The van der Waals surface area contributed by atoms with Gasteiger partial charge in [-0.2, -0.15) is 0 Å². The highest BCUT2D eigenvalue weighted by Crippen LogP contribution is 2.24. The summed E-state index contributed by atoms with van der Waals surface area (Å²) in [7, 11) is -3.46. The second-order valence-electron chi connectivity index (χ2n) is 4.51. The summed E-state index contributed by atoms with van der Waals surface area (Å²) in [6.07, 6.45) is 0.500. The summed E-state index contributed by atoms with van der Waals surface area (Å²) in [5.41, 5.74) is 0.219. The van der Waals surface area contributed by atoms with E-state index in [9.17, 15) is 12.8 Å². The maximum Gasteiger partial charge on any atom is 0.232 e. The monoisotopic (exact) mass is 352 g/mol. The number of benzene rings is 1. The van der Waals surface area contributed by atoms with E-state index >= 15 is 0 Å². The maximum atomic E-state index is 13.1. The van der Waals surface area contributed by atoms with Gasteiger partial charge in [-0.3, -0.25) is 4.72 Å². The zero-order valence-electron chi connectivity index (χ0n) is 10.9. The predicted octanol–water partition coefficient (Wildman–Crippen LogP) is 2.72. The summed E-state index contributed by atoms with van der Waals surface area (Å²) >= 11 is 3.18. The van der Waals surface area contributed by atoms with Crippen molar-refractivity contribution >= 4 is 31.6 Å². The number of anilines is 1. The SMILES string of the molecule is CC(C)NCCCS(=O)(=O)Nc1cc(F)ccc1Br. The van der Waals surface area contributed by atoms with E-state index in [4.69, 9.17) is 0 Å². The largest absolute Gasteiger partial charge is 0.314 e. The van der Waals surface area contributed by atoms with Crippen LogP contribution in [0.25, 0.3) is 0 Å². The number of hydrogen-bond acceptors (Lipinski definition) is 3. The molecule has 0 aliphatic carbocycles. The first-order chi connectivity index (χ1) is 8.80. The third kappa shape index (κ3) is 6.35. The summed E-state index contributed by atoms with van der Waals surface area (Å²) in [6, 6.07) is 4.20. The second kappa shape index (κ2) is 7.21. The molecule has 0 unspecified atom stereocenters. The number of rotatable bonds is 7. The van der Waals surface area contributed by atoms with Crippen molar-refractivity contribution in [3.63, 3.8) is 0 Å². The highest BCUT2D eigenvalue weighted by molar-refractivity contribution is 9.10. The fraction of sp³-hybridized carbons (Fsp3) is 0.500. The normalized spacial score (nSPS) is 11.8. The Bertz CT molecular complexity index is 520. The summed E-state index contributed by atoms with van der Waals surface area (Å²) < 4.78 is 39.6. The van der Waals surface area contributed by atoms with Crippen LogP contribution in [0.4, 0.5) is 10.1 Å². The van der Waals surface area contributed by atoms with E-state index in [0.717, 1.165) is 6.07 Å². The van der Waals surface area contributed by atoms with Crippen molar-refractivity contribution in [1.82, 2.24) is 5.32 Å². The van der Waals surface area contributed by atoms with Crippen molar-refractivity contribution in [3.8, 4) is 0 Å². The van der Waals surface area contributed by atoms with Gasteiger partial charge in [0.2, 0.25) is 10.0 Å². The number of nitrogens with one attached hydrogen (secondary N) is 2. The van der Waals surface area contributed by atoms with Gasteiger partial charge in [-0.05, 0) is 47.1 Å². The van der Waals surface area contributed by atoms with Gasteiger partial charge in [-0.1, -0.05) is 13.8 Å². The molecule has 0 atom stereocenters. The third-order valence-electron chi connectivity index (χ3n) is 2.34. The second-order valence-corrected chi connectivity index (χ2v) is 7.20. The summed E-state index contributed by atoms with van der Waals surface area (Å²) in [5.74, 6) is -0.488. The van der Waals surface area contributed by atoms with Crippen molar-refractivity contribution in [2.75, 3.05) is 17.0 Å². The molecule has 19 heavy (non-hydrogen) atoms. The lowest BCUT2D eigenvalue weighted by Gasteiger charge is -2.11. The molecule has 1 rings (SSSR count). The molecule has 1 aromatic rings. The summed E-state index contributed by atoms with van der Waals surface area (Å²) in [5, 5.41) is 3.14. The Morgan fingerprint density at radius 3 is 2.68 bits per heavy atom. The molecule has 0 amide bonds. The molecule has 0 fully saturated rings. The van der Waals surface area contributed by atoms with Crippen LogP contribution in [-0.4, -0.2) is 26.8 Å². The molecule has 0 bridgehead atoms. The molecule has 0 aliphatic rings. The lowest BCUT2D eigenvalue weighted by atomic mass is 10.3. The standard InChI is InChI=1S/C12H18BrFN2O2S/c1-9(2)15-6-3-7-19(17,18)16-12-8-10(14)4-5-11(12)13/h4-5,8-9,15-16H,3,6-7H2,1-2H3. The lowest BCUT2D eigenvalue weighted by Crippen LogP contribution is -2.26. The summed E-state index contributed by atoms with van der Waals surface area (Å²) in [4.78, 5) is 0. The van der Waals surface area contributed by atoms with Crippen molar-refractivity contribution < 1.29 is 12.8 Å². The minimum atomic E-state index is -3.46. The van der Waals surface area contributed by atoms with Gasteiger partial charge in [-0.15, -0.1) is 0 Å². The Hall–Kier alpha value is -0.660. The first-order valence-corrected chi connectivity index (χ1v) is 8.43. The highest BCUT2D eigenvalue weighted by atomic mass is 79.9. The topological polar surface area (TPSA) is 58.2 Å². The van der Waals surface area contributed by atoms with Crippen LogP contribution in [0.5, 0.6) is 0 Å². The van der Waals surface area contributed by atoms with Gasteiger partial charge in [0, 0.05) is 10.5 Å². The maximum absolute atomic E-state index is 13.1. The molecule has 0 heterocycles. The van der Waals surface area contributed by atoms with Crippen LogP contribution >= 0.6 is 15.9 Å². The molecular formula is C12H18BrFN2O2S. The van der Waals surface area contributed by atoms with E-state index < -0.39 is 15.8 Å². The fourth-order valence-electron chi connectivity index (χ4n) is 1.45. The van der Waals surface area contributed by atoms with E-state index in [0.29, 0.717) is 23.5 Å². The van der Waals surface area contributed by atoms with Crippen molar-refractivity contribution in [2.45, 2.75) is 26.3 Å². The number of sulfonamides is 1. The van der Waals surface area contributed by atoms with Crippen LogP contribution in [0, 0.1) is 5.82 Å². The minimum Gasteiger partial charge on any atom is -0.314 e. The average Bonchev–Trinajstić information content (AvgIpc) is 2.29. The quantitative estimate of drug-likeness (QED) is 0.741. The van der Waals surface area contributed by atoms with Crippen LogP contribution in [-0.2, 0) is 10.0 Å². The molecule has 0 saturated heterocycles. The Morgan fingerprint density at radius 1 is 1.37 bits per heavy atom. The number of hydrogen-bond donors (Lipinski definition) is 2. The zero-order chi connectivity index (χ0) is 14.5. The third-order valence-corrected chi connectivity index (χ3v) is 4.38. The molecular weight excluding hydrogens is 335 g/mol. The van der Waals surface area contributed by atoms with Crippen molar-refractivity contribution in [2.24, 2.45) is 0 Å². The molecule has 0 aliphatic heterocycles. The van der Waals surface area contributed by atoms with Gasteiger partial charge in [0.15, 0.2) is 0 Å². The molecule has 0 aromatic heterocycles. The van der Waals surface area contributed by atoms with Crippen molar-refractivity contribution in [1.29, 1.82) is 0 Å². The van der Waals surface area contributed by atoms with Crippen LogP contribution in [0.2, 0.25) is 0 Å². The first-order valence-electron chi connectivity index (χ1n) is 5.99. The smallest absolute Gasteiger partial charge is 0.232 e. The molecule has 4 nitrogen and oxygen atoms in total. The highest BCUT2D eigenvalue weighted by Gasteiger charge is 2.12. The zero-order valence-corrected chi connectivity index (χ0v) is 13.3. The molecule has 0 spiro atoms. The van der Waals surface area contributed by atoms with Crippen LogP contribution in [0.15, 0.2) is 22.7 Å². The van der Waals surface area contributed by atoms with E-state index in [1.807, 2.05) is 13.8 Å². The van der Waals surface area contributed by atoms with Crippen LogP contribution < -0.4 is 10.0 Å². The minimum absolute atomic E-state index is 0.00429. The van der Waals surface area contributed by atoms with Gasteiger partial charge in [0.25, 0.3) is 0 Å². The molecule has 7 heteroatoms. The average molecular weight is 353 g/mol. The van der Waals surface area contributed by atoms with E-state index in [-0.39, 0.29) is 11.4 Å². The molecule has 0 saturated carbocycles. The fourth-order valence-corrected chi connectivity index (χ4v) is 3.05. The van der Waals surface area contributed by atoms with E-state index in [2.05, 4.69) is 26.0 Å². The van der Waals surface area contributed by atoms with Gasteiger partial charge < -0.3 is 5.32 Å². The Labute approximate surface area is 122 Å². The Balaban J connectivity index is 2.57. The van der Waals surface area contributed by atoms with Gasteiger partial charge in [0.1, 0.15) is 5.82 Å². The lowest BCUT2D eigenvalue weighted by molar-refractivity contribution is 0.571. The Morgan fingerprint density at radius 2 is 2.05 bits per heavy atom. The van der Waals surface area contributed by atoms with Crippen molar-refractivity contribution in [3.05, 3.63) is 28.5 Å². The molecule has 108 valence electrons. The van der Waals surface area contributed by atoms with Crippen LogP contribution in [0.1, 0.15) is 20.3 Å². The van der Waals surface area contributed by atoms with E-state index in [1.165, 1.54) is 12.1 Å². The molecule has 2 N–H and O–H groups in total. The first kappa shape index (κ1) is 16.4. The molecule has 1 aromatic carbocycles.